The second-order valence-electron chi connectivity index (χ2n) is 23.6. The minimum absolute atomic E-state index is 0.339. The van der Waals surface area contributed by atoms with Gasteiger partial charge in [-0.25, -0.2) is 4.85 Å². The summed E-state index contributed by atoms with van der Waals surface area (Å²) in [5.74, 6) is 0. The predicted molar refractivity (Wildman–Crippen MR) is 342 cm³/mol. The second-order valence-corrected chi connectivity index (χ2v) is 23.6. The summed E-state index contributed by atoms with van der Waals surface area (Å²) >= 11 is 0. The number of halogens is 9. The zero-order chi connectivity index (χ0) is 62.7. The Labute approximate surface area is 508 Å². The maximum Gasteiger partial charge on any atom is 0.416 e. The van der Waals surface area contributed by atoms with Crippen molar-refractivity contribution >= 4 is 49.3 Å². The third-order valence-corrected chi connectivity index (χ3v) is 16.9. The minimum atomic E-state index is -4.61. The number of rotatable bonds is 8. The Bertz CT molecular complexity index is 5000. The van der Waals surface area contributed by atoms with Crippen LogP contribution in [-0.2, 0) is 18.5 Å². The Balaban J connectivity index is 1.09. The van der Waals surface area contributed by atoms with Crippen LogP contribution in [-0.4, -0.2) is 9.13 Å². The molecule has 3 nitrogen and oxygen atoms in total. The Morgan fingerprint density at radius 1 is 0.292 bits per heavy atom. The summed E-state index contributed by atoms with van der Waals surface area (Å²) < 4.78 is 134. The molecule has 0 fully saturated rings. The lowest BCUT2D eigenvalue weighted by Gasteiger charge is -2.20. The Morgan fingerprint density at radius 2 is 0.708 bits per heavy atom. The molecule has 0 aliphatic heterocycles. The summed E-state index contributed by atoms with van der Waals surface area (Å²) in [6.07, 6.45) is -13.8. The molecule has 0 atom stereocenters. The average molecular weight is 1190 g/mol. The molecule has 0 aliphatic rings. The maximum atomic E-state index is 14.4. The van der Waals surface area contributed by atoms with Crippen LogP contribution >= 0.6 is 0 Å². The predicted octanol–water partition coefficient (Wildman–Crippen LogP) is 23.6. The van der Waals surface area contributed by atoms with Crippen LogP contribution in [0.2, 0.25) is 0 Å². The van der Waals surface area contributed by atoms with E-state index in [1.807, 2.05) is 92.1 Å². The first-order valence-corrected chi connectivity index (χ1v) is 28.8. The molecule has 440 valence electrons. The van der Waals surface area contributed by atoms with Crippen molar-refractivity contribution in [2.75, 3.05) is 0 Å². The summed E-state index contributed by atoms with van der Waals surface area (Å²) in [6, 6.07) is 59.1. The first kappa shape index (κ1) is 57.9. The molecule has 13 aromatic rings. The van der Waals surface area contributed by atoms with Crippen molar-refractivity contribution in [3.05, 3.63) is 267 Å². The third kappa shape index (κ3) is 10.7. The van der Waals surface area contributed by atoms with Crippen molar-refractivity contribution in [1.29, 1.82) is 0 Å². The number of alkyl halides is 9. The van der Waals surface area contributed by atoms with E-state index in [9.17, 15) is 39.5 Å². The van der Waals surface area contributed by atoms with Gasteiger partial charge >= 0.3 is 18.5 Å². The zero-order valence-electron chi connectivity index (χ0n) is 49.3. The van der Waals surface area contributed by atoms with E-state index in [4.69, 9.17) is 6.57 Å². The fourth-order valence-electron chi connectivity index (χ4n) is 13.0. The summed E-state index contributed by atoms with van der Waals surface area (Å²) in [4.78, 5) is 3.97. The van der Waals surface area contributed by atoms with E-state index in [-0.39, 0.29) is 0 Å². The lowest BCUT2D eigenvalue weighted by Crippen LogP contribution is -2.05. The SMILES string of the molecule is [C-]#[N+]c1ccc(-n2c3ccc(-c4cc(C)cc(C(F)(F)F)c4)cc3c3cc(-c4cc(C)ccc4C)ccc32)c(-c2cc(-n3c4ccc(-c5cc(C)cc(C(F)(F)F)c5)cc4c4cc(-c5cc(C)cc(C(F)(F)F)c5)ccc43)ccc2-c2cc(C)cc(C)c2)c1. The van der Waals surface area contributed by atoms with Crippen molar-refractivity contribution in [1.82, 2.24) is 9.13 Å². The number of fused-ring (bicyclic) bond motifs is 6. The summed E-state index contributed by atoms with van der Waals surface area (Å²) in [5, 5.41) is 2.91. The van der Waals surface area contributed by atoms with Crippen LogP contribution in [0.1, 0.15) is 55.6 Å². The van der Waals surface area contributed by atoms with E-state index in [1.165, 1.54) is 6.07 Å². The van der Waals surface area contributed by atoms with E-state index < -0.39 is 35.2 Å². The van der Waals surface area contributed by atoms with Crippen molar-refractivity contribution in [2.45, 2.75) is 67.0 Å². The first-order chi connectivity index (χ1) is 42.3. The molecule has 11 aromatic carbocycles. The van der Waals surface area contributed by atoms with Gasteiger partial charge in [0.2, 0.25) is 0 Å². The molecular formula is C77H54F9N3. The number of aromatic nitrogens is 2. The van der Waals surface area contributed by atoms with Gasteiger partial charge in [0.25, 0.3) is 0 Å². The Morgan fingerprint density at radius 3 is 1.16 bits per heavy atom. The molecule has 2 aromatic heterocycles. The smallest absolute Gasteiger partial charge is 0.309 e. The van der Waals surface area contributed by atoms with Gasteiger partial charge in [-0.1, -0.05) is 108 Å². The standard InChI is InChI=1S/C77H54F9N3/c1-42-9-10-48(7)63(32-42)52-14-21-73-68(39-52)67-38-51(55-26-47(6)31-59(35-55)77(84,85)86)13-20-72(67)89(73)74-22-15-60(87-8)40-69(74)64-41-61(16-17-62(64)56-27-43(2)23-44(3)28-56)88-70-18-11-49(53-24-45(4)29-57(33-53)75(78,79)80)36-65(70)66-37-50(12-19-71(66)88)54-25-46(5)30-58(34-54)76(81,82)83/h9-41H,1-7H3. The van der Waals surface area contributed by atoms with Crippen molar-refractivity contribution < 1.29 is 39.5 Å². The lowest BCUT2D eigenvalue weighted by atomic mass is 9.91. The highest BCUT2D eigenvalue weighted by molar-refractivity contribution is 6.14. The van der Waals surface area contributed by atoms with E-state index in [0.29, 0.717) is 94.5 Å². The molecule has 0 saturated carbocycles. The molecule has 0 unspecified atom stereocenters. The molecule has 0 aliphatic carbocycles. The summed E-state index contributed by atoms with van der Waals surface area (Å²) in [7, 11) is 0. The molecule has 0 amide bonds. The van der Waals surface area contributed by atoms with Gasteiger partial charge in [0, 0.05) is 27.2 Å². The fraction of sp³-hybridized carbons (Fsp3) is 0.130. The largest absolute Gasteiger partial charge is 0.416 e. The van der Waals surface area contributed by atoms with Crippen LogP contribution in [0.3, 0.4) is 0 Å². The molecule has 0 bridgehead atoms. The maximum absolute atomic E-state index is 14.4. The summed E-state index contributed by atoms with van der Waals surface area (Å²) in [5.41, 5.74) is 15.5. The van der Waals surface area contributed by atoms with Crippen LogP contribution < -0.4 is 0 Å². The van der Waals surface area contributed by atoms with Gasteiger partial charge in [-0.15, -0.1) is 0 Å². The normalized spacial score (nSPS) is 12.3. The van der Waals surface area contributed by atoms with Gasteiger partial charge in [-0.2, -0.15) is 39.5 Å². The number of hydrogen-bond donors (Lipinski definition) is 0. The molecular weight excluding hydrogens is 1140 g/mol. The topological polar surface area (TPSA) is 14.2 Å². The van der Waals surface area contributed by atoms with Gasteiger partial charge in [0.1, 0.15) is 0 Å². The lowest BCUT2D eigenvalue weighted by molar-refractivity contribution is -0.138. The average Bonchev–Trinajstić information content (AvgIpc) is 1.62. The van der Waals surface area contributed by atoms with Crippen LogP contribution in [0.15, 0.2) is 200 Å². The molecule has 12 heteroatoms. The van der Waals surface area contributed by atoms with Crippen LogP contribution in [0, 0.1) is 55.0 Å². The number of nitrogens with zero attached hydrogens (tertiary/aromatic N) is 3. The highest BCUT2D eigenvalue weighted by Crippen LogP contribution is 2.47. The van der Waals surface area contributed by atoms with Crippen LogP contribution in [0.4, 0.5) is 45.2 Å². The molecule has 0 radical (unpaired) electrons. The summed E-state index contributed by atoms with van der Waals surface area (Å²) in [6.45, 7) is 21.4. The Hall–Kier alpha value is -10.1. The Kier molecular flexibility index (Phi) is 13.9. The van der Waals surface area contributed by atoms with Crippen molar-refractivity contribution in [3.8, 4) is 78.1 Å². The van der Waals surface area contributed by atoms with Gasteiger partial charge < -0.3 is 9.13 Å². The highest BCUT2D eigenvalue weighted by atomic mass is 19.4. The van der Waals surface area contributed by atoms with E-state index in [0.717, 1.165) is 102 Å². The fourth-order valence-corrected chi connectivity index (χ4v) is 13.0. The van der Waals surface area contributed by atoms with E-state index >= 15 is 0 Å². The van der Waals surface area contributed by atoms with Gasteiger partial charge in [0.05, 0.1) is 51.0 Å². The van der Waals surface area contributed by atoms with E-state index in [1.54, 1.807) is 57.2 Å². The van der Waals surface area contributed by atoms with Crippen LogP contribution in [0.5, 0.6) is 0 Å². The van der Waals surface area contributed by atoms with Gasteiger partial charge in [-0.3, -0.25) is 0 Å². The first-order valence-electron chi connectivity index (χ1n) is 28.8. The molecule has 89 heavy (non-hydrogen) atoms. The molecule has 13 rings (SSSR count). The van der Waals surface area contributed by atoms with E-state index in [2.05, 4.69) is 77.0 Å². The molecule has 2 heterocycles. The van der Waals surface area contributed by atoms with Crippen molar-refractivity contribution in [2.24, 2.45) is 0 Å². The van der Waals surface area contributed by atoms with Crippen molar-refractivity contribution in [3.63, 3.8) is 0 Å². The number of hydrogen-bond acceptors (Lipinski definition) is 0. The molecule has 0 N–H and O–H groups in total. The molecule has 0 spiro atoms. The van der Waals surface area contributed by atoms with Gasteiger partial charge in [-0.05, 0) is 247 Å². The number of aryl methyl sites for hydroxylation is 7. The third-order valence-electron chi connectivity index (χ3n) is 16.9. The second kappa shape index (κ2) is 21.3. The molecule has 0 saturated heterocycles. The quantitative estimate of drug-likeness (QED) is 0.106. The van der Waals surface area contributed by atoms with Gasteiger partial charge in [0.15, 0.2) is 5.69 Å². The van der Waals surface area contributed by atoms with Crippen LogP contribution in [0.25, 0.3) is 127 Å². The number of benzene rings is 11. The zero-order valence-corrected chi connectivity index (χ0v) is 49.3. The highest BCUT2D eigenvalue weighted by Gasteiger charge is 2.34. The monoisotopic (exact) mass is 1190 g/mol. The minimum Gasteiger partial charge on any atom is -0.309 e.